The van der Waals surface area contributed by atoms with Gasteiger partial charge < -0.3 is 20.1 Å². The molecule has 2 aromatic carbocycles. The number of aromatic nitrogens is 4. The molecule has 1 heterocycles. The van der Waals surface area contributed by atoms with Crippen LogP contribution >= 0.6 is 0 Å². The summed E-state index contributed by atoms with van der Waals surface area (Å²) in [6.45, 7) is 5.60. The minimum absolute atomic E-state index is 0.158. The largest absolute Gasteiger partial charge is 0.497 e. The molecule has 32 heavy (non-hydrogen) atoms. The minimum Gasteiger partial charge on any atom is -0.497 e. The van der Waals surface area contributed by atoms with Crippen LogP contribution in [-0.2, 0) is 4.79 Å². The van der Waals surface area contributed by atoms with Crippen LogP contribution in [0.15, 0.2) is 42.7 Å². The molecule has 1 aromatic heterocycles. The predicted molar refractivity (Wildman–Crippen MR) is 118 cm³/mol. The van der Waals surface area contributed by atoms with Gasteiger partial charge >= 0.3 is 0 Å². The Kier molecular flexibility index (Phi) is 7.04. The molecule has 10 nitrogen and oxygen atoms in total. The average molecular weight is 438 g/mol. The van der Waals surface area contributed by atoms with Gasteiger partial charge in [0, 0.05) is 17.3 Å². The van der Waals surface area contributed by atoms with Crippen molar-refractivity contribution in [3.63, 3.8) is 0 Å². The first kappa shape index (κ1) is 22.7. The van der Waals surface area contributed by atoms with Crippen LogP contribution in [0.25, 0.3) is 5.69 Å². The van der Waals surface area contributed by atoms with Crippen molar-refractivity contribution in [2.24, 2.45) is 5.92 Å². The molecule has 0 radical (unpaired) electrons. The third-order valence-corrected chi connectivity index (χ3v) is 4.94. The highest BCUT2D eigenvalue weighted by Gasteiger charge is 2.26. The maximum absolute atomic E-state index is 13.1. The number of aryl methyl sites for hydroxylation is 1. The lowest BCUT2D eigenvalue weighted by Gasteiger charge is -2.22. The zero-order valence-electron chi connectivity index (χ0n) is 18.6. The van der Waals surface area contributed by atoms with E-state index >= 15 is 0 Å². The lowest BCUT2D eigenvalue weighted by Crippen LogP contribution is -2.47. The fourth-order valence-electron chi connectivity index (χ4n) is 3.08. The summed E-state index contributed by atoms with van der Waals surface area (Å²) in [6, 6.07) is 9.56. The molecule has 0 fully saturated rings. The Hall–Kier alpha value is -3.95. The summed E-state index contributed by atoms with van der Waals surface area (Å²) < 4.78 is 11.9. The number of hydrogen-bond acceptors (Lipinski definition) is 7. The Morgan fingerprint density at radius 3 is 2.28 bits per heavy atom. The van der Waals surface area contributed by atoms with Crippen molar-refractivity contribution in [2.75, 3.05) is 19.5 Å². The molecular formula is C22H26N6O4. The fraction of sp³-hybridized carbons (Fsp3) is 0.318. The quantitative estimate of drug-likeness (QED) is 0.554. The van der Waals surface area contributed by atoms with Crippen LogP contribution in [0.5, 0.6) is 11.5 Å². The second-order valence-electron chi connectivity index (χ2n) is 7.54. The molecule has 3 aromatic rings. The van der Waals surface area contributed by atoms with Gasteiger partial charge in [0.05, 0.1) is 19.9 Å². The average Bonchev–Trinajstić information content (AvgIpc) is 3.33. The highest BCUT2D eigenvalue weighted by atomic mass is 16.5. The van der Waals surface area contributed by atoms with Gasteiger partial charge in [-0.15, -0.1) is 5.10 Å². The van der Waals surface area contributed by atoms with Crippen LogP contribution in [0, 0.1) is 12.8 Å². The van der Waals surface area contributed by atoms with Crippen molar-refractivity contribution in [1.82, 2.24) is 25.5 Å². The van der Waals surface area contributed by atoms with Crippen molar-refractivity contribution in [3.8, 4) is 17.2 Å². The number of rotatable bonds is 8. The lowest BCUT2D eigenvalue weighted by atomic mass is 10.0. The molecule has 0 saturated heterocycles. The first-order valence-corrected chi connectivity index (χ1v) is 10.0. The SMILES string of the molecule is COc1cc(OC)cc(C(=O)NC(C(=O)Nc2cc(-n3cnnn3)ccc2C)C(C)C)c1. The van der Waals surface area contributed by atoms with Crippen LogP contribution in [0.3, 0.4) is 0 Å². The summed E-state index contributed by atoms with van der Waals surface area (Å²) in [6.07, 6.45) is 1.47. The normalized spacial score (nSPS) is 11.7. The molecule has 10 heteroatoms. The third-order valence-electron chi connectivity index (χ3n) is 4.94. The number of ether oxygens (including phenoxy) is 2. The van der Waals surface area contributed by atoms with E-state index in [0.717, 1.165) is 5.56 Å². The van der Waals surface area contributed by atoms with E-state index in [4.69, 9.17) is 9.47 Å². The van der Waals surface area contributed by atoms with Crippen LogP contribution in [-0.4, -0.2) is 52.3 Å². The Bertz CT molecular complexity index is 1080. The highest BCUT2D eigenvalue weighted by molar-refractivity contribution is 6.02. The van der Waals surface area contributed by atoms with Gasteiger partial charge in [0.15, 0.2) is 0 Å². The van der Waals surface area contributed by atoms with E-state index < -0.39 is 11.9 Å². The Morgan fingerprint density at radius 2 is 1.72 bits per heavy atom. The number of methoxy groups -OCH3 is 2. The second kappa shape index (κ2) is 9.90. The summed E-state index contributed by atoms with van der Waals surface area (Å²) in [7, 11) is 3.01. The van der Waals surface area contributed by atoms with E-state index in [0.29, 0.717) is 28.4 Å². The van der Waals surface area contributed by atoms with E-state index in [1.54, 1.807) is 24.3 Å². The van der Waals surface area contributed by atoms with Crippen LogP contribution in [0.4, 0.5) is 5.69 Å². The van der Waals surface area contributed by atoms with Crippen molar-refractivity contribution < 1.29 is 19.1 Å². The highest BCUT2D eigenvalue weighted by Crippen LogP contribution is 2.23. The molecule has 2 amide bonds. The lowest BCUT2D eigenvalue weighted by molar-refractivity contribution is -0.118. The number of nitrogens with zero attached hydrogens (tertiary/aromatic N) is 4. The standard InChI is InChI=1S/C22H26N6O4/c1-13(2)20(25-21(29)15-8-17(31-4)11-18(9-15)32-5)22(30)24-19-10-16(7-6-14(19)3)28-12-23-26-27-28/h6-13,20H,1-5H3,(H,24,30)(H,25,29). The van der Waals surface area contributed by atoms with Gasteiger partial charge in [-0.3, -0.25) is 9.59 Å². The van der Waals surface area contributed by atoms with Crippen molar-refractivity contribution in [2.45, 2.75) is 26.8 Å². The Balaban J connectivity index is 1.80. The first-order valence-electron chi connectivity index (χ1n) is 10.0. The van der Waals surface area contributed by atoms with Crippen molar-refractivity contribution in [1.29, 1.82) is 0 Å². The summed E-state index contributed by atoms with van der Waals surface area (Å²) in [4.78, 5) is 26.0. The van der Waals surface area contributed by atoms with E-state index in [1.807, 2.05) is 32.9 Å². The van der Waals surface area contributed by atoms with E-state index in [1.165, 1.54) is 25.2 Å². The molecule has 0 saturated carbocycles. The molecule has 1 atom stereocenters. The van der Waals surface area contributed by atoms with Gasteiger partial charge in [-0.25, -0.2) is 4.68 Å². The molecule has 0 aliphatic heterocycles. The molecule has 1 unspecified atom stereocenters. The monoisotopic (exact) mass is 438 g/mol. The molecule has 0 aliphatic rings. The molecule has 2 N–H and O–H groups in total. The maximum atomic E-state index is 13.1. The summed E-state index contributed by atoms with van der Waals surface area (Å²) >= 11 is 0. The molecule has 3 rings (SSSR count). The van der Waals surface area contributed by atoms with Crippen LogP contribution < -0.4 is 20.1 Å². The smallest absolute Gasteiger partial charge is 0.252 e. The zero-order chi connectivity index (χ0) is 23.3. The van der Waals surface area contributed by atoms with Gasteiger partial charge in [-0.1, -0.05) is 19.9 Å². The number of hydrogen-bond donors (Lipinski definition) is 2. The Labute approximate surface area is 185 Å². The number of tetrazole rings is 1. The molecule has 0 aliphatic carbocycles. The maximum Gasteiger partial charge on any atom is 0.252 e. The van der Waals surface area contributed by atoms with Gasteiger partial charge in [0.25, 0.3) is 5.91 Å². The fourth-order valence-corrected chi connectivity index (χ4v) is 3.08. The predicted octanol–water partition coefficient (Wildman–Crippen LogP) is 2.38. The molecule has 0 bridgehead atoms. The first-order chi connectivity index (χ1) is 15.3. The second-order valence-corrected chi connectivity index (χ2v) is 7.54. The van der Waals surface area contributed by atoms with Gasteiger partial charge in [-0.2, -0.15) is 0 Å². The number of carbonyl (C=O) groups excluding carboxylic acids is 2. The van der Waals surface area contributed by atoms with Gasteiger partial charge in [0.1, 0.15) is 23.9 Å². The van der Waals surface area contributed by atoms with Crippen LogP contribution in [0.2, 0.25) is 0 Å². The number of carbonyl (C=O) groups is 2. The third kappa shape index (κ3) is 5.20. The molecule has 168 valence electrons. The van der Waals surface area contributed by atoms with E-state index in [2.05, 4.69) is 26.2 Å². The summed E-state index contributed by atoms with van der Waals surface area (Å²) in [5.41, 5.74) is 2.49. The number of nitrogens with one attached hydrogen (secondary N) is 2. The van der Waals surface area contributed by atoms with Gasteiger partial charge in [0.2, 0.25) is 5.91 Å². The Morgan fingerprint density at radius 1 is 1.03 bits per heavy atom. The van der Waals surface area contributed by atoms with Crippen molar-refractivity contribution >= 4 is 17.5 Å². The summed E-state index contributed by atoms with van der Waals surface area (Å²) in [5.74, 6) is 0.0648. The van der Waals surface area contributed by atoms with E-state index in [9.17, 15) is 9.59 Å². The molecule has 0 spiro atoms. The van der Waals surface area contributed by atoms with E-state index in [-0.39, 0.29) is 11.8 Å². The molecular weight excluding hydrogens is 412 g/mol. The van der Waals surface area contributed by atoms with Crippen molar-refractivity contribution in [3.05, 3.63) is 53.9 Å². The minimum atomic E-state index is -0.768. The topological polar surface area (TPSA) is 120 Å². The summed E-state index contributed by atoms with van der Waals surface area (Å²) in [5, 5.41) is 16.9. The zero-order valence-corrected chi connectivity index (χ0v) is 18.6. The number of amides is 2. The number of anilines is 1. The number of benzene rings is 2. The van der Waals surface area contributed by atoms with Crippen LogP contribution in [0.1, 0.15) is 29.8 Å². The van der Waals surface area contributed by atoms with Gasteiger partial charge in [-0.05, 0) is 53.1 Å².